The van der Waals surface area contributed by atoms with Gasteiger partial charge in [0.2, 0.25) is 11.0 Å². The molecule has 0 saturated heterocycles. The Hall–Kier alpha value is -2.62. The van der Waals surface area contributed by atoms with E-state index in [1.165, 1.54) is 22.7 Å². The number of carbonyl (C=O) groups is 1. The summed E-state index contributed by atoms with van der Waals surface area (Å²) in [7, 11) is 1.83. The molecule has 1 aromatic carbocycles. The number of nitrogens with zero attached hydrogens (tertiary/aromatic N) is 4. The molecule has 5 rings (SSSR count). The van der Waals surface area contributed by atoms with Crippen LogP contribution in [0.5, 0.6) is 0 Å². The summed E-state index contributed by atoms with van der Waals surface area (Å²) in [5.74, 6) is 0.114. The lowest BCUT2D eigenvalue weighted by atomic mass is 9.85. The molecule has 1 amide bonds. The van der Waals surface area contributed by atoms with Crippen molar-refractivity contribution >= 4 is 55.9 Å². The molecule has 1 aliphatic heterocycles. The first-order chi connectivity index (χ1) is 13.9. The van der Waals surface area contributed by atoms with Crippen molar-refractivity contribution in [1.82, 2.24) is 15.2 Å². The van der Waals surface area contributed by atoms with E-state index in [-0.39, 0.29) is 5.91 Å². The van der Waals surface area contributed by atoms with E-state index in [2.05, 4.69) is 21.6 Å². The number of thiophene rings is 1. The van der Waals surface area contributed by atoms with Gasteiger partial charge in [-0.05, 0) is 43.0 Å². The van der Waals surface area contributed by atoms with E-state index in [4.69, 9.17) is 4.98 Å². The summed E-state index contributed by atoms with van der Waals surface area (Å²) in [4.78, 5) is 20.1. The second-order valence-corrected chi connectivity index (χ2v) is 10.1. The van der Waals surface area contributed by atoms with Crippen molar-refractivity contribution in [3.05, 3.63) is 46.7 Å². The number of rotatable bonds is 4. The normalized spacial score (nSPS) is 15.0. The Morgan fingerprint density at radius 2 is 1.97 bits per heavy atom. The Labute approximate surface area is 179 Å². The molecule has 0 atom stereocenters. The fourth-order valence-corrected chi connectivity index (χ4v) is 5.78. The summed E-state index contributed by atoms with van der Waals surface area (Å²) in [6, 6.07) is 10.1. The fraction of sp³-hybridized carbons (Fsp3) is 0.200. The number of thiazole rings is 1. The van der Waals surface area contributed by atoms with E-state index < -0.39 is 5.41 Å². The Balaban J connectivity index is 1.40. The van der Waals surface area contributed by atoms with Crippen LogP contribution in [0.25, 0.3) is 21.1 Å². The van der Waals surface area contributed by atoms with Gasteiger partial charge in [0, 0.05) is 23.7 Å². The van der Waals surface area contributed by atoms with Crippen molar-refractivity contribution in [2.45, 2.75) is 19.3 Å². The van der Waals surface area contributed by atoms with Gasteiger partial charge in [-0.15, -0.1) is 32.9 Å². The first-order valence-corrected chi connectivity index (χ1v) is 11.5. The van der Waals surface area contributed by atoms with Crippen LogP contribution in [0.1, 0.15) is 19.4 Å². The molecule has 0 aliphatic carbocycles. The number of likely N-dealkylation sites (N-methyl/N-ethyl adjacent to an activating group) is 1. The monoisotopic (exact) mass is 439 g/mol. The van der Waals surface area contributed by atoms with E-state index >= 15 is 0 Å². The molecule has 4 heterocycles. The van der Waals surface area contributed by atoms with Gasteiger partial charge in [-0.2, -0.15) is 0 Å². The number of hydrogen-bond donors (Lipinski definition) is 1. The molecule has 0 unspecified atom stereocenters. The molecule has 4 aromatic rings. The van der Waals surface area contributed by atoms with Crippen molar-refractivity contribution in [2.75, 3.05) is 17.3 Å². The van der Waals surface area contributed by atoms with E-state index in [1.54, 1.807) is 16.2 Å². The highest BCUT2D eigenvalue weighted by Crippen LogP contribution is 2.43. The molecule has 1 aliphatic rings. The van der Waals surface area contributed by atoms with Gasteiger partial charge >= 0.3 is 0 Å². The van der Waals surface area contributed by atoms with E-state index in [0.717, 1.165) is 42.7 Å². The smallest absolute Gasteiger partial charge is 0.236 e. The molecule has 0 fully saturated rings. The summed E-state index contributed by atoms with van der Waals surface area (Å²) in [5.41, 5.74) is 3.35. The lowest BCUT2D eigenvalue weighted by Crippen LogP contribution is -2.33. The zero-order chi connectivity index (χ0) is 20.2. The average Bonchev–Trinajstić information content (AvgIpc) is 3.49. The maximum atomic E-state index is 12.5. The molecule has 3 aromatic heterocycles. The number of aromatic nitrogens is 3. The highest BCUT2D eigenvalue weighted by molar-refractivity contribution is 7.23. The van der Waals surface area contributed by atoms with Crippen molar-refractivity contribution in [1.29, 1.82) is 0 Å². The quantitative estimate of drug-likeness (QED) is 0.462. The summed E-state index contributed by atoms with van der Waals surface area (Å²) >= 11 is 4.68. The van der Waals surface area contributed by atoms with Crippen LogP contribution in [0, 0.1) is 0 Å². The Morgan fingerprint density at radius 3 is 2.76 bits per heavy atom. The molecule has 9 heteroatoms. The minimum absolute atomic E-state index is 0.114. The van der Waals surface area contributed by atoms with Gasteiger partial charge in [0.25, 0.3) is 0 Å². The van der Waals surface area contributed by atoms with Crippen LogP contribution < -0.4 is 10.2 Å². The Morgan fingerprint density at radius 1 is 1.10 bits per heavy atom. The number of fused-ring (bicyclic) bond motifs is 1. The fourth-order valence-electron chi connectivity index (χ4n) is 3.46. The minimum atomic E-state index is -0.526. The van der Waals surface area contributed by atoms with Crippen molar-refractivity contribution in [2.24, 2.45) is 0 Å². The number of anilines is 3. The van der Waals surface area contributed by atoms with E-state index in [9.17, 15) is 4.79 Å². The lowest BCUT2D eigenvalue weighted by molar-refractivity contribution is -0.121. The SMILES string of the molecule is CN1C(=O)C(C)(C)c2cc(-c3csc(Nc4nnc(-c5cccs5)s4)n3)ccc21. The molecule has 0 saturated carbocycles. The van der Waals surface area contributed by atoms with E-state index in [0.29, 0.717) is 0 Å². The number of benzene rings is 1. The van der Waals surface area contributed by atoms with E-state index in [1.807, 2.05) is 55.9 Å². The molecule has 0 bridgehead atoms. The second-order valence-electron chi connectivity index (χ2n) is 7.27. The molecule has 1 N–H and O–H groups in total. The molecule has 6 nitrogen and oxygen atoms in total. The van der Waals surface area contributed by atoms with Gasteiger partial charge in [0.1, 0.15) is 0 Å². The first kappa shape index (κ1) is 18.4. The standard InChI is InChI=1S/C20H17N5OS3/c1-20(2)12-9-11(6-7-14(12)25(3)17(20)26)13-10-28-18(21-13)22-19-24-23-16(29-19)15-5-4-8-27-15/h4-10H,1-3H3,(H,21,22,24). The van der Waals surface area contributed by atoms with Gasteiger partial charge in [-0.1, -0.05) is 23.5 Å². The number of hydrogen-bond acceptors (Lipinski definition) is 8. The predicted octanol–water partition coefficient (Wildman–Crippen LogP) is 5.39. The van der Waals surface area contributed by atoms with Crippen LogP contribution in [0.4, 0.5) is 16.0 Å². The summed E-state index contributed by atoms with van der Waals surface area (Å²) in [5, 5.41) is 18.1. The molecule has 0 radical (unpaired) electrons. The zero-order valence-corrected chi connectivity index (χ0v) is 18.4. The van der Waals surface area contributed by atoms with Crippen molar-refractivity contribution in [3.63, 3.8) is 0 Å². The van der Waals surface area contributed by atoms with Gasteiger partial charge in [-0.25, -0.2) is 4.98 Å². The maximum Gasteiger partial charge on any atom is 0.236 e. The molecule has 29 heavy (non-hydrogen) atoms. The van der Waals surface area contributed by atoms with Gasteiger partial charge < -0.3 is 10.2 Å². The molecule has 0 spiro atoms. The third-order valence-electron chi connectivity index (χ3n) is 5.04. The van der Waals surface area contributed by atoms with Crippen molar-refractivity contribution in [3.8, 4) is 21.1 Å². The van der Waals surface area contributed by atoms with Gasteiger partial charge in [0.15, 0.2) is 10.1 Å². The average molecular weight is 440 g/mol. The van der Waals surface area contributed by atoms with Crippen LogP contribution in [0.15, 0.2) is 41.1 Å². The Kier molecular flexibility index (Phi) is 4.27. The molecule has 146 valence electrons. The molecular weight excluding hydrogens is 422 g/mol. The summed E-state index contributed by atoms with van der Waals surface area (Å²) in [6.45, 7) is 3.94. The highest BCUT2D eigenvalue weighted by Gasteiger charge is 2.42. The third kappa shape index (κ3) is 3.06. The minimum Gasteiger partial charge on any atom is -0.314 e. The molecular formula is C20H17N5OS3. The van der Waals surface area contributed by atoms with Gasteiger partial charge in [0.05, 0.1) is 16.0 Å². The Bertz CT molecular complexity index is 1210. The largest absolute Gasteiger partial charge is 0.314 e. The third-order valence-corrected chi connectivity index (χ3v) is 7.68. The first-order valence-electron chi connectivity index (χ1n) is 8.96. The topological polar surface area (TPSA) is 71.0 Å². The van der Waals surface area contributed by atoms with Crippen molar-refractivity contribution < 1.29 is 4.79 Å². The van der Waals surface area contributed by atoms with Crippen LogP contribution in [-0.2, 0) is 10.2 Å². The van der Waals surface area contributed by atoms with Crippen LogP contribution in [0.3, 0.4) is 0 Å². The zero-order valence-electron chi connectivity index (χ0n) is 16.0. The maximum absolute atomic E-state index is 12.5. The second kappa shape index (κ2) is 6.72. The van der Waals surface area contributed by atoms with Crippen LogP contribution >= 0.6 is 34.0 Å². The summed E-state index contributed by atoms with van der Waals surface area (Å²) < 4.78 is 0. The lowest BCUT2D eigenvalue weighted by Gasteiger charge is -2.16. The number of amides is 1. The van der Waals surface area contributed by atoms with Crippen LogP contribution in [-0.4, -0.2) is 28.1 Å². The van der Waals surface area contributed by atoms with Crippen LogP contribution in [0.2, 0.25) is 0 Å². The number of nitrogens with one attached hydrogen (secondary N) is 1. The predicted molar refractivity (Wildman–Crippen MR) is 120 cm³/mol. The van der Waals surface area contributed by atoms with Gasteiger partial charge in [-0.3, -0.25) is 4.79 Å². The summed E-state index contributed by atoms with van der Waals surface area (Å²) in [6.07, 6.45) is 0. The highest BCUT2D eigenvalue weighted by atomic mass is 32.1. The number of carbonyl (C=O) groups excluding carboxylic acids is 1.